The SMILES string of the molecule is CC1C2CC3(C)CC1CC(C)(C2)C3. The van der Waals surface area contributed by atoms with Gasteiger partial charge < -0.3 is 0 Å². The van der Waals surface area contributed by atoms with Crippen molar-refractivity contribution in [3.05, 3.63) is 0 Å². The second-order valence-corrected chi connectivity index (χ2v) is 6.99. The van der Waals surface area contributed by atoms with Crippen LogP contribution in [0.1, 0.15) is 52.9 Å². The summed E-state index contributed by atoms with van der Waals surface area (Å²) in [5.74, 6) is 3.20. The van der Waals surface area contributed by atoms with Gasteiger partial charge in [0.15, 0.2) is 0 Å². The van der Waals surface area contributed by atoms with Crippen LogP contribution < -0.4 is 0 Å². The third-order valence-corrected chi connectivity index (χ3v) is 5.36. The van der Waals surface area contributed by atoms with Crippen LogP contribution in [0.25, 0.3) is 0 Å². The van der Waals surface area contributed by atoms with Gasteiger partial charge in [0.05, 0.1) is 0 Å². The molecule has 0 heteroatoms. The van der Waals surface area contributed by atoms with Crippen molar-refractivity contribution in [1.29, 1.82) is 0 Å². The van der Waals surface area contributed by atoms with Gasteiger partial charge >= 0.3 is 0 Å². The molecule has 0 heterocycles. The molecule has 4 aliphatic rings. The monoisotopic (exact) mass is 178 g/mol. The Kier molecular flexibility index (Phi) is 1.37. The van der Waals surface area contributed by atoms with Gasteiger partial charge in [-0.3, -0.25) is 0 Å². The van der Waals surface area contributed by atoms with E-state index in [4.69, 9.17) is 0 Å². The zero-order valence-corrected chi connectivity index (χ0v) is 9.27. The topological polar surface area (TPSA) is 0 Å². The minimum absolute atomic E-state index is 0.743. The second kappa shape index (κ2) is 2.15. The fourth-order valence-electron chi connectivity index (χ4n) is 5.29. The molecule has 4 fully saturated rings. The van der Waals surface area contributed by atoms with E-state index < -0.39 is 0 Å². The highest BCUT2D eigenvalue weighted by Gasteiger charge is 2.56. The minimum atomic E-state index is 0.743. The summed E-state index contributed by atoms with van der Waals surface area (Å²) in [7, 11) is 0. The summed E-state index contributed by atoms with van der Waals surface area (Å²) in [6.45, 7) is 7.62. The third-order valence-electron chi connectivity index (χ3n) is 5.36. The molecule has 0 N–H and O–H groups in total. The molecule has 0 aliphatic heterocycles. The Labute approximate surface area is 82.1 Å². The molecule has 0 nitrogen and oxygen atoms in total. The molecule has 0 unspecified atom stereocenters. The summed E-state index contributed by atoms with van der Waals surface area (Å²) in [5.41, 5.74) is 1.49. The van der Waals surface area contributed by atoms with Crippen LogP contribution in [-0.2, 0) is 0 Å². The number of hydrogen-bond donors (Lipinski definition) is 0. The van der Waals surface area contributed by atoms with E-state index in [0.717, 1.165) is 28.6 Å². The summed E-state index contributed by atoms with van der Waals surface area (Å²) < 4.78 is 0. The standard InChI is InChI=1S/C13H22/c1-9-10-4-12(2)5-11(9)7-13(3,6-10)8-12/h9-11H,4-8H2,1-3H3. The molecule has 0 aromatic heterocycles. The van der Waals surface area contributed by atoms with Crippen LogP contribution in [0.5, 0.6) is 0 Å². The first kappa shape index (κ1) is 8.32. The van der Waals surface area contributed by atoms with Gasteiger partial charge in [-0.25, -0.2) is 0 Å². The summed E-state index contributed by atoms with van der Waals surface area (Å²) in [6, 6.07) is 0. The molecular weight excluding hydrogens is 156 g/mol. The Hall–Kier alpha value is 0. The van der Waals surface area contributed by atoms with Gasteiger partial charge in [0.1, 0.15) is 0 Å². The highest BCUT2D eigenvalue weighted by molar-refractivity contribution is 5.06. The van der Waals surface area contributed by atoms with Crippen molar-refractivity contribution in [3.8, 4) is 0 Å². The van der Waals surface area contributed by atoms with Crippen LogP contribution in [0.15, 0.2) is 0 Å². The minimum Gasteiger partial charge on any atom is -0.0620 e. The summed E-state index contributed by atoms with van der Waals surface area (Å²) >= 11 is 0. The van der Waals surface area contributed by atoms with Crippen molar-refractivity contribution in [2.75, 3.05) is 0 Å². The third kappa shape index (κ3) is 1.04. The van der Waals surface area contributed by atoms with Crippen molar-refractivity contribution >= 4 is 0 Å². The Morgan fingerprint density at radius 3 is 1.62 bits per heavy atom. The van der Waals surface area contributed by atoms with E-state index in [1.54, 1.807) is 25.7 Å². The Balaban J connectivity index is 1.99. The molecule has 4 saturated carbocycles. The smallest absolute Gasteiger partial charge is 0.0315 e. The van der Waals surface area contributed by atoms with Gasteiger partial charge in [-0.15, -0.1) is 0 Å². The quantitative estimate of drug-likeness (QED) is 0.528. The largest absolute Gasteiger partial charge is 0.0620 e. The summed E-state index contributed by atoms with van der Waals surface area (Å²) in [5, 5.41) is 0. The van der Waals surface area contributed by atoms with Gasteiger partial charge in [-0.05, 0) is 60.7 Å². The zero-order valence-electron chi connectivity index (χ0n) is 9.27. The predicted molar refractivity (Wildman–Crippen MR) is 55.4 cm³/mol. The van der Waals surface area contributed by atoms with Crippen LogP contribution in [0.2, 0.25) is 0 Å². The van der Waals surface area contributed by atoms with Crippen molar-refractivity contribution in [1.82, 2.24) is 0 Å². The Morgan fingerprint density at radius 2 is 1.23 bits per heavy atom. The molecule has 0 atom stereocenters. The van der Waals surface area contributed by atoms with Crippen molar-refractivity contribution in [3.63, 3.8) is 0 Å². The highest BCUT2D eigenvalue weighted by Crippen LogP contribution is 2.66. The number of hydrogen-bond acceptors (Lipinski definition) is 0. The maximum atomic E-state index is 2.55. The van der Waals surface area contributed by atoms with Crippen molar-refractivity contribution in [2.24, 2.45) is 28.6 Å². The molecule has 4 rings (SSSR count). The second-order valence-electron chi connectivity index (χ2n) is 6.99. The maximum absolute atomic E-state index is 2.55. The fraction of sp³-hybridized carbons (Fsp3) is 1.00. The summed E-state index contributed by atoms with van der Waals surface area (Å²) in [6.07, 6.45) is 7.70. The maximum Gasteiger partial charge on any atom is -0.0315 e. The lowest BCUT2D eigenvalue weighted by molar-refractivity contribution is -0.124. The van der Waals surface area contributed by atoms with Crippen LogP contribution in [0.3, 0.4) is 0 Å². The van der Waals surface area contributed by atoms with Gasteiger partial charge in [0.25, 0.3) is 0 Å². The molecule has 0 spiro atoms. The molecular formula is C13H22. The lowest BCUT2D eigenvalue weighted by Gasteiger charge is -2.63. The van der Waals surface area contributed by atoms with Gasteiger partial charge in [0, 0.05) is 0 Å². The Bertz CT molecular complexity index is 204. The molecule has 74 valence electrons. The van der Waals surface area contributed by atoms with Crippen LogP contribution in [0.4, 0.5) is 0 Å². The van der Waals surface area contributed by atoms with E-state index in [2.05, 4.69) is 20.8 Å². The average Bonchev–Trinajstić information content (AvgIpc) is 1.94. The van der Waals surface area contributed by atoms with Crippen LogP contribution in [-0.4, -0.2) is 0 Å². The first-order valence-electron chi connectivity index (χ1n) is 6.00. The van der Waals surface area contributed by atoms with E-state index in [1.807, 2.05) is 0 Å². The van der Waals surface area contributed by atoms with E-state index in [-0.39, 0.29) is 0 Å². The van der Waals surface area contributed by atoms with Gasteiger partial charge in [0.2, 0.25) is 0 Å². The predicted octanol–water partition coefficient (Wildman–Crippen LogP) is 3.86. The average molecular weight is 178 g/mol. The normalized spacial score (nSPS) is 64.4. The lowest BCUT2D eigenvalue weighted by Crippen LogP contribution is -2.53. The molecule has 0 aromatic carbocycles. The molecule has 4 aliphatic carbocycles. The zero-order chi connectivity index (χ0) is 9.27. The molecule has 0 radical (unpaired) electrons. The van der Waals surface area contributed by atoms with Crippen LogP contribution in [0, 0.1) is 28.6 Å². The molecule has 13 heavy (non-hydrogen) atoms. The summed E-state index contributed by atoms with van der Waals surface area (Å²) in [4.78, 5) is 0. The highest BCUT2D eigenvalue weighted by atomic mass is 14.6. The Morgan fingerprint density at radius 1 is 0.846 bits per heavy atom. The van der Waals surface area contributed by atoms with E-state index in [9.17, 15) is 0 Å². The van der Waals surface area contributed by atoms with Crippen molar-refractivity contribution in [2.45, 2.75) is 52.9 Å². The van der Waals surface area contributed by atoms with E-state index in [1.165, 1.54) is 6.42 Å². The van der Waals surface area contributed by atoms with E-state index in [0.29, 0.717) is 0 Å². The molecule has 4 bridgehead atoms. The van der Waals surface area contributed by atoms with Crippen molar-refractivity contribution < 1.29 is 0 Å². The first-order chi connectivity index (χ1) is 6.00. The molecule has 0 amide bonds. The number of rotatable bonds is 0. The fourth-order valence-corrected chi connectivity index (χ4v) is 5.29. The van der Waals surface area contributed by atoms with E-state index >= 15 is 0 Å². The molecule has 0 saturated heterocycles. The lowest BCUT2D eigenvalue weighted by atomic mass is 9.42. The van der Waals surface area contributed by atoms with Gasteiger partial charge in [-0.2, -0.15) is 0 Å². The van der Waals surface area contributed by atoms with Crippen LogP contribution >= 0.6 is 0 Å². The first-order valence-corrected chi connectivity index (χ1v) is 6.00. The molecule has 0 aromatic rings. The van der Waals surface area contributed by atoms with Gasteiger partial charge in [-0.1, -0.05) is 20.8 Å².